The van der Waals surface area contributed by atoms with Crippen molar-refractivity contribution in [1.29, 1.82) is 0 Å². The molecule has 108 valence electrons. The molecule has 1 fully saturated rings. The molecule has 0 aromatic carbocycles. The van der Waals surface area contributed by atoms with Crippen LogP contribution in [0.5, 0.6) is 5.88 Å². The van der Waals surface area contributed by atoms with Gasteiger partial charge in [0.05, 0.1) is 12.9 Å². The van der Waals surface area contributed by atoms with Crippen molar-refractivity contribution in [3.63, 3.8) is 0 Å². The second-order valence-corrected chi connectivity index (χ2v) is 4.31. The average Bonchev–Trinajstić information content (AvgIpc) is 2.98. The van der Waals surface area contributed by atoms with Gasteiger partial charge in [-0.05, 0) is 0 Å². The van der Waals surface area contributed by atoms with Crippen molar-refractivity contribution in [3.05, 3.63) is 6.33 Å². The van der Waals surface area contributed by atoms with Crippen molar-refractivity contribution in [2.45, 2.75) is 24.6 Å². The van der Waals surface area contributed by atoms with Crippen LogP contribution in [0.4, 0.5) is 5.95 Å². The number of fused-ring (bicyclic) bond motifs is 1. The second-order valence-electron chi connectivity index (χ2n) is 4.31. The Morgan fingerprint density at radius 2 is 2.15 bits per heavy atom. The molecule has 0 saturated carbocycles. The predicted octanol–water partition coefficient (Wildman–Crippen LogP) is -2.25. The number of aliphatic hydroxyl groups excluding tert-OH is 3. The summed E-state index contributed by atoms with van der Waals surface area (Å²) in [6.45, 7) is -0.441. The minimum absolute atomic E-state index is 0.0415. The number of hydrogen-bond acceptors (Lipinski definition) is 9. The number of nitrogens with two attached hydrogens (primary N) is 1. The van der Waals surface area contributed by atoms with Crippen molar-refractivity contribution in [2.24, 2.45) is 0 Å². The van der Waals surface area contributed by atoms with E-state index in [0.717, 1.165) is 0 Å². The van der Waals surface area contributed by atoms with E-state index in [1.165, 1.54) is 6.33 Å². The zero-order valence-corrected chi connectivity index (χ0v) is 10.2. The Morgan fingerprint density at radius 3 is 2.85 bits per heavy atom. The molecule has 2 aromatic rings. The van der Waals surface area contributed by atoms with Gasteiger partial charge in [0.1, 0.15) is 23.8 Å². The van der Waals surface area contributed by atoms with Gasteiger partial charge in [0.25, 0.3) is 0 Å². The van der Waals surface area contributed by atoms with Crippen LogP contribution in [-0.4, -0.2) is 66.5 Å². The lowest BCUT2D eigenvalue weighted by Gasteiger charge is -2.16. The molecule has 10 nitrogen and oxygen atoms in total. The molecule has 1 aliphatic heterocycles. The van der Waals surface area contributed by atoms with Crippen LogP contribution in [-0.2, 0) is 4.74 Å². The van der Waals surface area contributed by atoms with E-state index in [1.807, 2.05) is 0 Å². The second kappa shape index (κ2) is 4.83. The van der Waals surface area contributed by atoms with Crippen molar-refractivity contribution in [3.8, 4) is 5.88 Å². The third-order valence-electron chi connectivity index (χ3n) is 3.00. The molecule has 0 radical (unpaired) electrons. The fraction of sp³-hybridized carbons (Fsp3) is 0.500. The number of nitrogens with zero attached hydrogens (tertiary/aromatic N) is 3. The van der Waals surface area contributed by atoms with Gasteiger partial charge in [-0.2, -0.15) is 9.97 Å². The summed E-state index contributed by atoms with van der Waals surface area (Å²) < 4.78 is 10.6. The van der Waals surface area contributed by atoms with Gasteiger partial charge in [-0.15, -0.1) is 0 Å². The number of aliphatic hydroxyl groups is 3. The van der Waals surface area contributed by atoms with E-state index < -0.39 is 31.2 Å². The summed E-state index contributed by atoms with van der Waals surface area (Å²) in [5, 5.41) is 28.4. The first-order valence-corrected chi connectivity index (χ1v) is 5.86. The zero-order valence-electron chi connectivity index (χ0n) is 10.2. The lowest BCUT2D eigenvalue weighted by Crippen LogP contribution is -2.35. The molecule has 0 bridgehead atoms. The number of anilines is 1. The van der Waals surface area contributed by atoms with Crippen molar-refractivity contribution in [1.82, 2.24) is 19.9 Å². The Hall–Kier alpha value is -2.01. The molecule has 4 atom stereocenters. The van der Waals surface area contributed by atoms with E-state index in [-0.39, 0.29) is 11.8 Å². The summed E-state index contributed by atoms with van der Waals surface area (Å²) in [5.74, 6) is -0.00816. The molecular weight excluding hydrogens is 270 g/mol. The molecule has 2 aromatic heterocycles. The molecule has 0 spiro atoms. The zero-order chi connectivity index (χ0) is 14.3. The van der Waals surface area contributed by atoms with E-state index in [1.54, 1.807) is 0 Å². The smallest absolute Gasteiger partial charge is 0.247 e. The Bertz CT molecular complexity index is 619. The summed E-state index contributed by atoms with van der Waals surface area (Å²) in [6, 6.07) is 0. The molecule has 3 rings (SSSR count). The average molecular weight is 283 g/mol. The highest BCUT2D eigenvalue weighted by Gasteiger charge is 2.44. The molecule has 1 unspecified atom stereocenters. The normalized spacial score (nSPS) is 29.9. The molecule has 1 saturated heterocycles. The maximum Gasteiger partial charge on any atom is 0.247 e. The van der Waals surface area contributed by atoms with Gasteiger partial charge in [0, 0.05) is 0 Å². The number of nitrogen functional groups attached to an aromatic ring is 1. The van der Waals surface area contributed by atoms with Gasteiger partial charge in [0.15, 0.2) is 5.65 Å². The van der Waals surface area contributed by atoms with Crippen LogP contribution in [0.25, 0.3) is 11.2 Å². The summed E-state index contributed by atoms with van der Waals surface area (Å²) >= 11 is 0. The van der Waals surface area contributed by atoms with E-state index in [4.69, 9.17) is 20.3 Å². The number of rotatable bonds is 3. The molecular formula is C10H13N5O5. The molecule has 10 heteroatoms. The minimum atomic E-state index is -1.32. The Balaban J connectivity index is 1.88. The Kier molecular flexibility index (Phi) is 3.14. The van der Waals surface area contributed by atoms with E-state index in [0.29, 0.717) is 11.2 Å². The highest BCUT2D eigenvalue weighted by Crippen LogP contribution is 2.27. The summed E-state index contributed by atoms with van der Waals surface area (Å²) in [7, 11) is 0. The predicted molar refractivity (Wildman–Crippen MR) is 64.5 cm³/mol. The first-order valence-electron chi connectivity index (χ1n) is 5.86. The van der Waals surface area contributed by atoms with E-state index >= 15 is 0 Å². The molecule has 3 heterocycles. The van der Waals surface area contributed by atoms with Crippen LogP contribution in [0.2, 0.25) is 0 Å². The Morgan fingerprint density at radius 1 is 1.35 bits per heavy atom. The number of imidazole rings is 1. The fourth-order valence-corrected chi connectivity index (χ4v) is 1.98. The number of aromatic amines is 1. The van der Waals surface area contributed by atoms with Crippen molar-refractivity contribution >= 4 is 17.1 Å². The minimum Gasteiger partial charge on any atom is -0.443 e. The highest BCUT2D eigenvalue weighted by atomic mass is 16.7. The first kappa shape index (κ1) is 13.0. The molecule has 0 amide bonds. The monoisotopic (exact) mass is 283 g/mol. The fourth-order valence-electron chi connectivity index (χ4n) is 1.98. The first-order chi connectivity index (χ1) is 9.60. The summed E-state index contributed by atoms with van der Waals surface area (Å²) in [5.41, 5.74) is 6.22. The van der Waals surface area contributed by atoms with Crippen LogP contribution >= 0.6 is 0 Å². The maximum absolute atomic E-state index is 9.80. The van der Waals surface area contributed by atoms with Gasteiger partial charge in [0.2, 0.25) is 18.1 Å². The third kappa shape index (κ3) is 2.04. The molecule has 20 heavy (non-hydrogen) atoms. The Labute approximate surface area is 112 Å². The highest BCUT2D eigenvalue weighted by molar-refractivity contribution is 5.76. The lowest BCUT2D eigenvalue weighted by atomic mass is 10.1. The third-order valence-corrected chi connectivity index (χ3v) is 3.00. The van der Waals surface area contributed by atoms with Crippen LogP contribution in [0, 0.1) is 0 Å². The van der Waals surface area contributed by atoms with Gasteiger partial charge < -0.3 is 35.5 Å². The van der Waals surface area contributed by atoms with Gasteiger partial charge in [-0.1, -0.05) is 0 Å². The number of nitrogens with one attached hydrogen (secondary N) is 1. The number of H-pyrrole nitrogens is 1. The molecule has 0 aliphatic carbocycles. The van der Waals surface area contributed by atoms with Crippen LogP contribution in [0.3, 0.4) is 0 Å². The van der Waals surface area contributed by atoms with Gasteiger partial charge in [-0.3, -0.25) is 0 Å². The van der Waals surface area contributed by atoms with Gasteiger partial charge >= 0.3 is 0 Å². The van der Waals surface area contributed by atoms with Crippen LogP contribution < -0.4 is 10.5 Å². The van der Waals surface area contributed by atoms with Crippen molar-refractivity contribution in [2.75, 3.05) is 12.3 Å². The summed E-state index contributed by atoms with van der Waals surface area (Å²) in [4.78, 5) is 14.5. The van der Waals surface area contributed by atoms with Gasteiger partial charge in [-0.25, -0.2) is 4.98 Å². The lowest BCUT2D eigenvalue weighted by molar-refractivity contribution is -0.117. The quantitative estimate of drug-likeness (QED) is 0.419. The topological polar surface area (TPSA) is 160 Å². The maximum atomic E-state index is 9.80. The standard InChI is InChI=1S/C10H13N5O5/c11-10-14-7-4(12-2-13-7)8(15-10)20-9-6(18)5(17)3(1-16)19-9/h2-3,5-6,9,16-18H,1H2,(H3,11,12,13,14,15)/t3-,5-,6-,9?/m1/s1. The van der Waals surface area contributed by atoms with E-state index in [2.05, 4.69) is 19.9 Å². The van der Waals surface area contributed by atoms with E-state index in [9.17, 15) is 10.2 Å². The number of aromatic nitrogens is 4. The van der Waals surface area contributed by atoms with Crippen molar-refractivity contribution < 1.29 is 24.8 Å². The van der Waals surface area contributed by atoms with Crippen LogP contribution in [0.1, 0.15) is 0 Å². The largest absolute Gasteiger partial charge is 0.443 e. The number of ether oxygens (including phenoxy) is 2. The van der Waals surface area contributed by atoms with Crippen LogP contribution in [0.15, 0.2) is 6.33 Å². The molecule has 1 aliphatic rings. The number of hydrogen-bond donors (Lipinski definition) is 5. The summed E-state index contributed by atoms with van der Waals surface area (Å²) in [6.07, 6.45) is -3.28. The SMILES string of the molecule is Nc1nc(OC2O[C@H](CO)[C@@H](O)[C@H]2O)c2[nH]cnc2n1. The molecule has 6 N–H and O–H groups in total.